The van der Waals surface area contributed by atoms with Crippen LogP contribution in [0.3, 0.4) is 0 Å². The van der Waals surface area contributed by atoms with E-state index in [1.807, 2.05) is 19.1 Å². The minimum Gasteiger partial charge on any atom is -0.464 e. The minimum absolute atomic E-state index is 0.0850. The molecule has 2 rings (SSSR count). The SMILES string of the molecule is Cc1cccnc1C(NC1CCOC1=O)C(C)C. The zero-order valence-electron chi connectivity index (χ0n) is 11.1. The van der Waals surface area contributed by atoms with Gasteiger partial charge in [0.2, 0.25) is 0 Å². The number of esters is 1. The molecule has 1 N–H and O–H groups in total. The van der Waals surface area contributed by atoms with Crippen LogP contribution in [0, 0.1) is 12.8 Å². The van der Waals surface area contributed by atoms with E-state index in [4.69, 9.17) is 4.74 Å². The van der Waals surface area contributed by atoms with Crippen molar-refractivity contribution in [1.82, 2.24) is 10.3 Å². The molecule has 1 aliphatic rings. The first-order valence-corrected chi connectivity index (χ1v) is 6.44. The summed E-state index contributed by atoms with van der Waals surface area (Å²) in [6, 6.07) is 3.87. The third kappa shape index (κ3) is 2.70. The average Bonchev–Trinajstić information content (AvgIpc) is 2.73. The zero-order valence-corrected chi connectivity index (χ0v) is 11.1. The number of hydrogen-bond donors (Lipinski definition) is 1. The van der Waals surface area contributed by atoms with Crippen LogP contribution in [0.5, 0.6) is 0 Å². The van der Waals surface area contributed by atoms with Gasteiger partial charge in [0.25, 0.3) is 0 Å². The van der Waals surface area contributed by atoms with E-state index in [-0.39, 0.29) is 18.1 Å². The number of rotatable bonds is 4. The minimum atomic E-state index is -0.196. The lowest BCUT2D eigenvalue weighted by molar-refractivity contribution is -0.139. The number of nitrogens with one attached hydrogen (secondary N) is 1. The molecule has 4 nitrogen and oxygen atoms in total. The van der Waals surface area contributed by atoms with Gasteiger partial charge in [-0.2, -0.15) is 0 Å². The molecule has 0 radical (unpaired) electrons. The van der Waals surface area contributed by atoms with Gasteiger partial charge < -0.3 is 4.74 Å². The molecule has 2 unspecified atom stereocenters. The van der Waals surface area contributed by atoms with Crippen molar-refractivity contribution in [1.29, 1.82) is 0 Å². The fourth-order valence-corrected chi connectivity index (χ4v) is 2.27. The average molecular weight is 248 g/mol. The number of cyclic esters (lactones) is 1. The maximum Gasteiger partial charge on any atom is 0.323 e. The molecule has 1 aliphatic heterocycles. The normalized spacial score (nSPS) is 21.1. The van der Waals surface area contributed by atoms with Gasteiger partial charge in [0.1, 0.15) is 6.04 Å². The summed E-state index contributed by atoms with van der Waals surface area (Å²) in [7, 11) is 0. The van der Waals surface area contributed by atoms with E-state index in [2.05, 4.69) is 24.1 Å². The molecule has 1 aromatic heterocycles. The van der Waals surface area contributed by atoms with Gasteiger partial charge in [0, 0.05) is 12.6 Å². The van der Waals surface area contributed by atoms with E-state index in [9.17, 15) is 4.79 Å². The van der Waals surface area contributed by atoms with Crippen molar-refractivity contribution in [2.24, 2.45) is 5.92 Å². The lowest BCUT2D eigenvalue weighted by Crippen LogP contribution is -2.39. The predicted molar refractivity (Wildman–Crippen MR) is 69.1 cm³/mol. The Kier molecular flexibility index (Phi) is 3.97. The summed E-state index contributed by atoms with van der Waals surface area (Å²) in [5, 5.41) is 3.39. The van der Waals surface area contributed by atoms with Crippen molar-refractivity contribution in [3.05, 3.63) is 29.6 Å². The van der Waals surface area contributed by atoms with Gasteiger partial charge in [-0.3, -0.25) is 15.1 Å². The van der Waals surface area contributed by atoms with Gasteiger partial charge in [-0.05, 0) is 24.5 Å². The van der Waals surface area contributed by atoms with E-state index >= 15 is 0 Å². The van der Waals surface area contributed by atoms with Gasteiger partial charge in [-0.15, -0.1) is 0 Å². The first-order valence-electron chi connectivity index (χ1n) is 6.44. The number of nitrogens with zero attached hydrogens (tertiary/aromatic N) is 1. The Bertz CT molecular complexity index is 432. The van der Waals surface area contributed by atoms with E-state index in [0.717, 1.165) is 17.7 Å². The monoisotopic (exact) mass is 248 g/mol. The zero-order chi connectivity index (χ0) is 13.1. The Morgan fingerprint density at radius 3 is 2.83 bits per heavy atom. The first-order chi connectivity index (χ1) is 8.59. The number of aromatic nitrogens is 1. The van der Waals surface area contributed by atoms with Crippen molar-refractivity contribution in [3.63, 3.8) is 0 Å². The number of carbonyl (C=O) groups is 1. The lowest BCUT2D eigenvalue weighted by Gasteiger charge is -2.25. The topological polar surface area (TPSA) is 51.2 Å². The smallest absolute Gasteiger partial charge is 0.323 e. The Balaban J connectivity index is 2.19. The lowest BCUT2D eigenvalue weighted by atomic mass is 9.96. The highest BCUT2D eigenvalue weighted by Crippen LogP contribution is 2.24. The molecule has 2 heterocycles. The molecule has 18 heavy (non-hydrogen) atoms. The van der Waals surface area contributed by atoms with Crippen LogP contribution in [-0.4, -0.2) is 23.6 Å². The number of pyridine rings is 1. The summed E-state index contributed by atoms with van der Waals surface area (Å²) in [5.74, 6) is 0.223. The molecule has 98 valence electrons. The molecule has 1 fully saturated rings. The molecule has 2 atom stereocenters. The summed E-state index contributed by atoms with van der Waals surface area (Å²) in [6.45, 7) is 6.83. The second-order valence-electron chi connectivity index (χ2n) is 5.10. The van der Waals surface area contributed by atoms with Crippen LogP contribution in [-0.2, 0) is 9.53 Å². The second-order valence-corrected chi connectivity index (χ2v) is 5.10. The molecule has 0 amide bonds. The van der Waals surface area contributed by atoms with E-state index in [1.54, 1.807) is 6.20 Å². The van der Waals surface area contributed by atoms with Crippen molar-refractivity contribution in [2.45, 2.75) is 39.3 Å². The largest absolute Gasteiger partial charge is 0.464 e. The number of ether oxygens (including phenoxy) is 1. The fourth-order valence-electron chi connectivity index (χ4n) is 2.27. The molecule has 0 spiro atoms. The highest BCUT2D eigenvalue weighted by atomic mass is 16.5. The van der Waals surface area contributed by atoms with Crippen LogP contribution in [0.4, 0.5) is 0 Å². The third-order valence-corrected chi connectivity index (χ3v) is 3.33. The highest BCUT2D eigenvalue weighted by Gasteiger charge is 2.31. The summed E-state index contributed by atoms with van der Waals surface area (Å²) in [4.78, 5) is 16.0. The third-order valence-electron chi connectivity index (χ3n) is 3.33. The van der Waals surface area contributed by atoms with Gasteiger partial charge in [-0.25, -0.2) is 0 Å². The van der Waals surface area contributed by atoms with E-state index < -0.39 is 0 Å². The van der Waals surface area contributed by atoms with Gasteiger partial charge >= 0.3 is 5.97 Å². The van der Waals surface area contributed by atoms with Crippen molar-refractivity contribution in [3.8, 4) is 0 Å². The molecular formula is C14H20N2O2. The van der Waals surface area contributed by atoms with Crippen LogP contribution in [0.25, 0.3) is 0 Å². The van der Waals surface area contributed by atoms with E-state index in [0.29, 0.717) is 12.5 Å². The van der Waals surface area contributed by atoms with Crippen LogP contribution >= 0.6 is 0 Å². The maximum absolute atomic E-state index is 11.5. The summed E-state index contributed by atoms with van der Waals surface area (Å²) >= 11 is 0. The number of hydrogen-bond acceptors (Lipinski definition) is 4. The Morgan fingerprint density at radius 2 is 2.28 bits per heavy atom. The Hall–Kier alpha value is -1.42. The Morgan fingerprint density at radius 1 is 1.50 bits per heavy atom. The van der Waals surface area contributed by atoms with E-state index in [1.165, 1.54) is 0 Å². The summed E-state index contributed by atoms with van der Waals surface area (Å²) < 4.78 is 4.99. The highest BCUT2D eigenvalue weighted by molar-refractivity contribution is 5.77. The molecular weight excluding hydrogens is 228 g/mol. The van der Waals surface area contributed by atoms with Crippen molar-refractivity contribution < 1.29 is 9.53 Å². The molecule has 4 heteroatoms. The molecule has 0 aliphatic carbocycles. The molecule has 0 saturated carbocycles. The summed E-state index contributed by atoms with van der Waals surface area (Å²) in [6.07, 6.45) is 2.54. The predicted octanol–water partition coefficient (Wildman–Crippen LogP) is 1.99. The van der Waals surface area contributed by atoms with Gasteiger partial charge in [-0.1, -0.05) is 19.9 Å². The standard InChI is InChI=1S/C14H20N2O2/c1-9(2)12(13-10(3)5-4-7-15-13)16-11-6-8-18-14(11)17/h4-5,7,9,11-12,16H,6,8H2,1-3H3. The molecule has 1 aromatic rings. The van der Waals surface area contributed by atoms with Crippen LogP contribution in [0.2, 0.25) is 0 Å². The molecule has 0 bridgehead atoms. The first kappa shape index (κ1) is 13.0. The second kappa shape index (κ2) is 5.48. The number of carbonyl (C=O) groups excluding carboxylic acids is 1. The van der Waals surface area contributed by atoms with Gasteiger partial charge in [0.15, 0.2) is 0 Å². The van der Waals surface area contributed by atoms with Crippen molar-refractivity contribution >= 4 is 5.97 Å². The van der Waals surface area contributed by atoms with Crippen LogP contribution in [0.15, 0.2) is 18.3 Å². The van der Waals surface area contributed by atoms with Crippen LogP contribution < -0.4 is 5.32 Å². The maximum atomic E-state index is 11.5. The van der Waals surface area contributed by atoms with Crippen molar-refractivity contribution in [2.75, 3.05) is 6.61 Å². The summed E-state index contributed by atoms with van der Waals surface area (Å²) in [5.41, 5.74) is 2.17. The molecule has 0 aromatic carbocycles. The van der Waals surface area contributed by atoms with Crippen LogP contribution in [0.1, 0.15) is 37.6 Å². The quantitative estimate of drug-likeness (QED) is 0.828. The Labute approximate surface area is 108 Å². The van der Waals surface area contributed by atoms with Gasteiger partial charge in [0.05, 0.1) is 18.3 Å². The molecule has 1 saturated heterocycles. The number of aryl methyl sites for hydroxylation is 1. The fraction of sp³-hybridized carbons (Fsp3) is 0.571.